The van der Waals surface area contributed by atoms with Crippen LogP contribution in [0, 0.1) is 0 Å². The van der Waals surface area contributed by atoms with Gasteiger partial charge in [0, 0.05) is 22.1 Å². The molecule has 1 fully saturated rings. The predicted octanol–water partition coefficient (Wildman–Crippen LogP) is 5.59. The standard InChI is InChI=1S/C18H19Cl2N/c1-12(15-6-2-4-8-17(15)19)21-14-10-13(11-14)16-7-3-5-9-18(16)20/h2-9,12-14,21H,10-11H2,1H3/t12-,13?,14?/m1/s1. The van der Waals surface area contributed by atoms with Crippen LogP contribution in [-0.2, 0) is 0 Å². The molecule has 3 heteroatoms. The number of halogens is 2. The molecule has 0 aliphatic heterocycles. The SMILES string of the molecule is C[C@@H](NC1CC(c2ccccc2Cl)C1)c1ccccc1Cl. The molecule has 1 nitrogen and oxygen atoms in total. The second kappa shape index (κ2) is 6.39. The van der Waals surface area contributed by atoms with Gasteiger partial charge >= 0.3 is 0 Å². The maximum atomic E-state index is 6.26. The van der Waals surface area contributed by atoms with Crippen LogP contribution in [0.5, 0.6) is 0 Å². The third kappa shape index (κ3) is 3.26. The molecule has 1 saturated carbocycles. The second-order valence-corrected chi connectivity index (χ2v) is 6.61. The molecule has 2 aromatic rings. The van der Waals surface area contributed by atoms with Crippen molar-refractivity contribution in [1.29, 1.82) is 0 Å². The Morgan fingerprint density at radius 2 is 1.57 bits per heavy atom. The van der Waals surface area contributed by atoms with Crippen LogP contribution in [0.25, 0.3) is 0 Å². The highest BCUT2D eigenvalue weighted by atomic mass is 35.5. The Hall–Kier alpha value is -1.02. The fourth-order valence-electron chi connectivity index (χ4n) is 3.08. The first-order chi connectivity index (χ1) is 10.1. The summed E-state index contributed by atoms with van der Waals surface area (Å²) in [5.74, 6) is 0.578. The van der Waals surface area contributed by atoms with E-state index >= 15 is 0 Å². The molecule has 1 atom stereocenters. The number of nitrogens with one attached hydrogen (secondary N) is 1. The van der Waals surface area contributed by atoms with Gasteiger partial charge in [0.25, 0.3) is 0 Å². The second-order valence-electron chi connectivity index (χ2n) is 5.80. The van der Waals surface area contributed by atoms with Crippen molar-refractivity contribution in [3.8, 4) is 0 Å². The van der Waals surface area contributed by atoms with Gasteiger partial charge in [0.15, 0.2) is 0 Å². The molecule has 0 amide bonds. The molecule has 21 heavy (non-hydrogen) atoms. The lowest BCUT2D eigenvalue weighted by Gasteiger charge is -2.38. The topological polar surface area (TPSA) is 12.0 Å². The maximum Gasteiger partial charge on any atom is 0.0453 e. The zero-order valence-corrected chi connectivity index (χ0v) is 13.5. The van der Waals surface area contributed by atoms with E-state index in [1.54, 1.807) is 0 Å². The summed E-state index contributed by atoms with van der Waals surface area (Å²) >= 11 is 12.5. The van der Waals surface area contributed by atoms with Gasteiger partial charge in [-0.1, -0.05) is 59.6 Å². The van der Waals surface area contributed by atoms with Crippen molar-refractivity contribution < 1.29 is 0 Å². The largest absolute Gasteiger partial charge is 0.307 e. The highest BCUT2D eigenvalue weighted by Crippen LogP contribution is 2.40. The molecular weight excluding hydrogens is 301 g/mol. The fourth-order valence-corrected chi connectivity index (χ4v) is 3.67. The smallest absolute Gasteiger partial charge is 0.0453 e. The molecule has 0 radical (unpaired) electrons. The van der Waals surface area contributed by atoms with Gasteiger partial charge in [0.1, 0.15) is 0 Å². The van der Waals surface area contributed by atoms with Crippen molar-refractivity contribution in [3.63, 3.8) is 0 Å². The van der Waals surface area contributed by atoms with Gasteiger partial charge in [-0.3, -0.25) is 0 Å². The Balaban J connectivity index is 1.58. The Morgan fingerprint density at radius 3 is 2.24 bits per heavy atom. The zero-order chi connectivity index (χ0) is 14.8. The first-order valence-corrected chi connectivity index (χ1v) is 8.15. The van der Waals surface area contributed by atoms with E-state index in [4.69, 9.17) is 23.2 Å². The van der Waals surface area contributed by atoms with Crippen LogP contribution in [-0.4, -0.2) is 6.04 Å². The van der Waals surface area contributed by atoms with E-state index in [-0.39, 0.29) is 6.04 Å². The van der Waals surface area contributed by atoms with Crippen LogP contribution in [0.15, 0.2) is 48.5 Å². The Bertz CT molecular complexity index is 620. The molecule has 0 bridgehead atoms. The van der Waals surface area contributed by atoms with Crippen molar-refractivity contribution in [1.82, 2.24) is 5.32 Å². The van der Waals surface area contributed by atoms with Crippen molar-refractivity contribution in [2.75, 3.05) is 0 Å². The molecule has 0 heterocycles. The Kier molecular flexibility index (Phi) is 4.54. The van der Waals surface area contributed by atoms with Gasteiger partial charge < -0.3 is 5.32 Å². The molecule has 0 unspecified atom stereocenters. The van der Waals surface area contributed by atoms with Crippen LogP contribution in [0.2, 0.25) is 10.0 Å². The van der Waals surface area contributed by atoms with Gasteiger partial charge in [-0.05, 0) is 48.9 Å². The third-order valence-corrected chi connectivity index (χ3v) is 5.03. The lowest BCUT2D eigenvalue weighted by Crippen LogP contribution is -2.41. The summed E-state index contributed by atoms with van der Waals surface area (Å²) in [6.45, 7) is 2.17. The van der Waals surface area contributed by atoms with Gasteiger partial charge in [-0.2, -0.15) is 0 Å². The summed E-state index contributed by atoms with van der Waals surface area (Å²) in [6.07, 6.45) is 2.27. The van der Waals surface area contributed by atoms with Gasteiger partial charge in [0.05, 0.1) is 0 Å². The van der Waals surface area contributed by atoms with E-state index < -0.39 is 0 Å². The minimum atomic E-state index is 0.274. The molecule has 1 aliphatic rings. The van der Waals surface area contributed by atoms with Gasteiger partial charge in [-0.15, -0.1) is 0 Å². The normalized spacial score (nSPS) is 22.6. The van der Waals surface area contributed by atoms with E-state index in [1.807, 2.05) is 30.3 Å². The van der Waals surface area contributed by atoms with Gasteiger partial charge in [-0.25, -0.2) is 0 Å². The fraction of sp³-hybridized carbons (Fsp3) is 0.333. The van der Waals surface area contributed by atoms with Crippen LogP contribution < -0.4 is 5.32 Å². The van der Waals surface area contributed by atoms with Crippen LogP contribution in [0.3, 0.4) is 0 Å². The average Bonchev–Trinajstić information content (AvgIpc) is 2.44. The number of benzene rings is 2. The van der Waals surface area contributed by atoms with Crippen LogP contribution >= 0.6 is 23.2 Å². The summed E-state index contributed by atoms with van der Waals surface area (Å²) < 4.78 is 0. The summed E-state index contributed by atoms with van der Waals surface area (Å²) in [5, 5.41) is 5.39. The summed E-state index contributed by atoms with van der Waals surface area (Å²) in [5.41, 5.74) is 2.45. The first-order valence-electron chi connectivity index (χ1n) is 7.40. The highest BCUT2D eigenvalue weighted by Gasteiger charge is 2.32. The Labute approximate surface area is 136 Å². The monoisotopic (exact) mass is 319 g/mol. The third-order valence-electron chi connectivity index (χ3n) is 4.34. The number of rotatable bonds is 4. The van der Waals surface area contributed by atoms with Crippen molar-refractivity contribution >= 4 is 23.2 Å². The minimum absolute atomic E-state index is 0.274. The molecular formula is C18H19Cl2N. The number of hydrogen-bond acceptors (Lipinski definition) is 1. The first kappa shape index (κ1) is 14.9. The summed E-state index contributed by atoms with van der Waals surface area (Å²) in [4.78, 5) is 0. The molecule has 1 N–H and O–H groups in total. The molecule has 3 rings (SSSR count). The molecule has 2 aromatic carbocycles. The maximum absolute atomic E-state index is 6.26. The number of hydrogen-bond donors (Lipinski definition) is 1. The summed E-state index contributed by atoms with van der Waals surface area (Å²) in [6, 6.07) is 17.0. The molecule has 0 spiro atoms. The van der Waals surface area contributed by atoms with E-state index in [1.165, 1.54) is 11.1 Å². The lowest BCUT2D eigenvalue weighted by molar-refractivity contribution is 0.271. The van der Waals surface area contributed by atoms with Crippen LogP contribution in [0.4, 0.5) is 0 Å². The lowest BCUT2D eigenvalue weighted by atomic mass is 9.75. The summed E-state index contributed by atoms with van der Waals surface area (Å²) in [7, 11) is 0. The van der Waals surface area contributed by atoms with E-state index in [9.17, 15) is 0 Å². The quantitative estimate of drug-likeness (QED) is 0.774. The van der Waals surface area contributed by atoms with E-state index in [0.717, 1.165) is 22.9 Å². The molecule has 0 saturated heterocycles. The molecule has 110 valence electrons. The molecule has 1 aliphatic carbocycles. The van der Waals surface area contributed by atoms with Crippen molar-refractivity contribution in [2.45, 2.75) is 37.8 Å². The predicted molar refractivity (Wildman–Crippen MR) is 90.2 cm³/mol. The van der Waals surface area contributed by atoms with Crippen molar-refractivity contribution in [2.24, 2.45) is 0 Å². The Morgan fingerprint density at radius 1 is 0.952 bits per heavy atom. The molecule has 0 aromatic heterocycles. The van der Waals surface area contributed by atoms with E-state index in [0.29, 0.717) is 12.0 Å². The zero-order valence-electron chi connectivity index (χ0n) is 12.0. The van der Waals surface area contributed by atoms with Gasteiger partial charge in [0.2, 0.25) is 0 Å². The minimum Gasteiger partial charge on any atom is -0.307 e. The average molecular weight is 320 g/mol. The highest BCUT2D eigenvalue weighted by molar-refractivity contribution is 6.31. The van der Waals surface area contributed by atoms with E-state index in [2.05, 4.69) is 30.4 Å². The van der Waals surface area contributed by atoms with Crippen molar-refractivity contribution in [3.05, 3.63) is 69.7 Å². The van der Waals surface area contributed by atoms with Crippen LogP contribution in [0.1, 0.15) is 42.9 Å².